The largest absolute Gasteiger partial charge is 0.465 e. The summed E-state index contributed by atoms with van der Waals surface area (Å²) in [5.41, 5.74) is -0.480. The highest BCUT2D eigenvalue weighted by Gasteiger charge is 2.35. The van der Waals surface area contributed by atoms with Crippen molar-refractivity contribution >= 4 is 5.97 Å². The van der Waals surface area contributed by atoms with Crippen molar-refractivity contribution in [2.75, 3.05) is 13.7 Å². The Morgan fingerprint density at radius 1 is 1.45 bits per heavy atom. The molecule has 0 aromatic heterocycles. The van der Waals surface area contributed by atoms with Crippen LogP contribution < -0.4 is 0 Å². The third-order valence-electron chi connectivity index (χ3n) is 3.30. The van der Waals surface area contributed by atoms with Crippen molar-refractivity contribution in [2.45, 2.75) is 32.3 Å². The summed E-state index contributed by atoms with van der Waals surface area (Å²) in [4.78, 5) is 11.5. The molecule has 0 aromatic carbocycles. The number of carbonyl (C=O) groups excluding carboxylic acids is 1. The van der Waals surface area contributed by atoms with Crippen molar-refractivity contribution < 1.29 is 14.3 Å². The molecule has 0 radical (unpaired) electrons. The number of esters is 1. The molecule has 108 valence electrons. The fraction of sp³-hybridized carbons (Fsp3) is 0.500. The molecule has 0 spiro atoms. The molecule has 2 atom stereocenters. The van der Waals surface area contributed by atoms with Gasteiger partial charge in [-0.3, -0.25) is 0 Å². The second-order valence-electron chi connectivity index (χ2n) is 4.59. The van der Waals surface area contributed by atoms with Crippen molar-refractivity contribution in [3.05, 3.63) is 36.0 Å². The lowest BCUT2D eigenvalue weighted by molar-refractivity contribution is -0.135. The third kappa shape index (κ3) is 3.58. The number of nitriles is 1. The SMILES string of the molecule is CCCC1(OCC)C=CC=CC1C=C(C#N)C(=O)OC. The Labute approximate surface area is 120 Å². The van der Waals surface area contributed by atoms with Crippen molar-refractivity contribution in [2.24, 2.45) is 5.92 Å². The first-order valence-electron chi connectivity index (χ1n) is 6.83. The molecule has 1 rings (SSSR count). The molecule has 2 unspecified atom stereocenters. The van der Waals surface area contributed by atoms with Crippen LogP contribution in [0.25, 0.3) is 0 Å². The number of allylic oxidation sites excluding steroid dienone is 2. The zero-order chi connectivity index (χ0) is 15.0. The molecule has 0 heterocycles. The zero-order valence-electron chi connectivity index (χ0n) is 12.3. The Bertz CT molecular complexity index is 463. The summed E-state index contributed by atoms with van der Waals surface area (Å²) in [6.07, 6.45) is 11.2. The maximum absolute atomic E-state index is 11.5. The van der Waals surface area contributed by atoms with Crippen LogP contribution in [-0.2, 0) is 14.3 Å². The summed E-state index contributed by atoms with van der Waals surface area (Å²) in [5.74, 6) is -0.765. The van der Waals surface area contributed by atoms with Crippen LogP contribution in [0.4, 0.5) is 0 Å². The zero-order valence-corrected chi connectivity index (χ0v) is 12.3. The molecular weight excluding hydrogens is 254 g/mol. The summed E-state index contributed by atoms with van der Waals surface area (Å²) in [6, 6.07) is 1.90. The lowest BCUT2D eigenvalue weighted by Gasteiger charge is -2.37. The Hall–Kier alpha value is -1.86. The monoisotopic (exact) mass is 275 g/mol. The number of nitrogens with zero attached hydrogens (tertiary/aromatic N) is 1. The molecule has 0 N–H and O–H groups in total. The van der Waals surface area contributed by atoms with Gasteiger partial charge in [0.2, 0.25) is 0 Å². The highest BCUT2D eigenvalue weighted by molar-refractivity contribution is 5.92. The van der Waals surface area contributed by atoms with E-state index in [9.17, 15) is 4.79 Å². The Morgan fingerprint density at radius 3 is 2.75 bits per heavy atom. The van der Waals surface area contributed by atoms with Crippen LogP contribution in [-0.4, -0.2) is 25.3 Å². The van der Waals surface area contributed by atoms with Gasteiger partial charge in [0.25, 0.3) is 0 Å². The second-order valence-corrected chi connectivity index (χ2v) is 4.59. The van der Waals surface area contributed by atoms with Crippen LogP contribution in [0, 0.1) is 17.2 Å². The van der Waals surface area contributed by atoms with E-state index < -0.39 is 11.6 Å². The van der Waals surface area contributed by atoms with E-state index in [0.717, 1.165) is 12.8 Å². The van der Waals surface area contributed by atoms with Gasteiger partial charge >= 0.3 is 5.97 Å². The van der Waals surface area contributed by atoms with Gasteiger partial charge in [0.15, 0.2) is 0 Å². The minimum absolute atomic E-state index is 0.0117. The van der Waals surface area contributed by atoms with Gasteiger partial charge in [-0.1, -0.05) is 37.6 Å². The van der Waals surface area contributed by atoms with E-state index in [1.807, 2.05) is 37.3 Å². The van der Waals surface area contributed by atoms with E-state index in [4.69, 9.17) is 10.00 Å². The highest BCUT2D eigenvalue weighted by Crippen LogP contribution is 2.34. The third-order valence-corrected chi connectivity index (χ3v) is 3.30. The van der Waals surface area contributed by atoms with Gasteiger partial charge < -0.3 is 9.47 Å². The molecule has 0 saturated heterocycles. The minimum atomic E-state index is -0.614. The molecule has 20 heavy (non-hydrogen) atoms. The van der Waals surface area contributed by atoms with Crippen molar-refractivity contribution in [1.82, 2.24) is 0 Å². The predicted molar refractivity (Wildman–Crippen MR) is 76.7 cm³/mol. The molecule has 1 aliphatic carbocycles. The summed E-state index contributed by atoms with van der Waals surface area (Å²) >= 11 is 0. The van der Waals surface area contributed by atoms with E-state index in [2.05, 4.69) is 11.7 Å². The number of hydrogen-bond donors (Lipinski definition) is 0. The molecule has 4 heteroatoms. The average molecular weight is 275 g/mol. The summed E-state index contributed by atoms with van der Waals surface area (Å²) in [7, 11) is 1.27. The maximum atomic E-state index is 11.5. The minimum Gasteiger partial charge on any atom is -0.465 e. The Kier molecular flexibility index (Phi) is 6.20. The lowest BCUT2D eigenvalue weighted by Crippen LogP contribution is -2.38. The fourth-order valence-electron chi connectivity index (χ4n) is 2.44. The standard InChI is InChI=1S/C16H21NO3/c1-4-9-16(20-5-2)10-7-6-8-14(16)11-13(12-17)15(18)19-3/h6-8,10-11,14H,4-5,9H2,1-3H3. The first-order chi connectivity index (χ1) is 9.63. The van der Waals surface area contributed by atoms with Crippen LogP contribution >= 0.6 is 0 Å². The molecule has 0 saturated carbocycles. The molecule has 0 aliphatic heterocycles. The van der Waals surface area contributed by atoms with Gasteiger partial charge in [-0.25, -0.2) is 4.79 Å². The van der Waals surface area contributed by atoms with Crippen LogP contribution in [0.3, 0.4) is 0 Å². The van der Waals surface area contributed by atoms with Crippen LogP contribution in [0.15, 0.2) is 36.0 Å². The Balaban J connectivity index is 3.14. The van der Waals surface area contributed by atoms with Crippen LogP contribution in [0.5, 0.6) is 0 Å². The van der Waals surface area contributed by atoms with E-state index in [1.165, 1.54) is 7.11 Å². The molecule has 0 amide bonds. The summed E-state index contributed by atoms with van der Waals surface area (Å²) in [5, 5.41) is 9.09. The van der Waals surface area contributed by atoms with Gasteiger partial charge in [-0.15, -0.1) is 0 Å². The quantitative estimate of drug-likeness (QED) is 0.425. The van der Waals surface area contributed by atoms with Crippen LogP contribution in [0.2, 0.25) is 0 Å². The van der Waals surface area contributed by atoms with Crippen molar-refractivity contribution in [1.29, 1.82) is 5.26 Å². The van der Waals surface area contributed by atoms with Crippen LogP contribution in [0.1, 0.15) is 26.7 Å². The second kappa shape index (κ2) is 7.66. The van der Waals surface area contributed by atoms with Gasteiger partial charge in [-0.05, 0) is 19.4 Å². The molecule has 1 aliphatic rings. The number of rotatable bonds is 6. The summed E-state index contributed by atoms with van der Waals surface area (Å²) in [6.45, 7) is 4.59. The predicted octanol–water partition coefficient (Wildman–Crippen LogP) is 2.93. The molecule has 0 fully saturated rings. The number of hydrogen-bond acceptors (Lipinski definition) is 4. The number of ether oxygens (including phenoxy) is 2. The first kappa shape index (κ1) is 16.2. The van der Waals surface area contributed by atoms with Crippen molar-refractivity contribution in [3.8, 4) is 6.07 Å². The van der Waals surface area contributed by atoms with Gasteiger partial charge in [0.1, 0.15) is 11.6 Å². The first-order valence-corrected chi connectivity index (χ1v) is 6.83. The fourth-order valence-corrected chi connectivity index (χ4v) is 2.44. The Morgan fingerprint density at radius 2 is 2.20 bits per heavy atom. The van der Waals surface area contributed by atoms with Gasteiger partial charge in [0.05, 0.1) is 12.7 Å². The maximum Gasteiger partial charge on any atom is 0.348 e. The van der Waals surface area contributed by atoms with Gasteiger partial charge in [0, 0.05) is 12.5 Å². The van der Waals surface area contributed by atoms with E-state index in [0.29, 0.717) is 6.61 Å². The molecule has 0 bridgehead atoms. The van der Waals surface area contributed by atoms with Crippen molar-refractivity contribution in [3.63, 3.8) is 0 Å². The number of methoxy groups -OCH3 is 1. The summed E-state index contributed by atoms with van der Waals surface area (Å²) < 4.78 is 10.6. The van der Waals surface area contributed by atoms with E-state index in [-0.39, 0.29) is 11.5 Å². The highest BCUT2D eigenvalue weighted by atomic mass is 16.5. The topological polar surface area (TPSA) is 59.3 Å². The lowest BCUT2D eigenvalue weighted by atomic mass is 9.79. The molecule has 4 nitrogen and oxygen atoms in total. The number of carbonyl (C=O) groups is 1. The molecule has 0 aromatic rings. The van der Waals surface area contributed by atoms with E-state index >= 15 is 0 Å². The smallest absolute Gasteiger partial charge is 0.348 e. The van der Waals surface area contributed by atoms with E-state index in [1.54, 1.807) is 6.08 Å². The normalized spacial score (nSPS) is 25.3. The van der Waals surface area contributed by atoms with Gasteiger partial charge in [-0.2, -0.15) is 5.26 Å². The molecular formula is C16H21NO3. The average Bonchev–Trinajstić information content (AvgIpc) is 2.46.